The third kappa shape index (κ3) is 5.60. The molecule has 0 bridgehead atoms. The third-order valence-corrected chi connectivity index (χ3v) is 6.65. The summed E-state index contributed by atoms with van der Waals surface area (Å²) in [5.74, 6) is 0.667. The zero-order valence-electron chi connectivity index (χ0n) is 20.1. The Labute approximate surface area is 230 Å². The van der Waals surface area contributed by atoms with Crippen molar-refractivity contribution < 1.29 is 4.79 Å². The molecule has 0 aliphatic carbocycles. The first-order valence-electron chi connectivity index (χ1n) is 11.8. The summed E-state index contributed by atoms with van der Waals surface area (Å²) >= 11 is 12.8. The molecule has 8 heteroatoms. The van der Waals surface area contributed by atoms with E-state index in [0.29, 0.717) is 45.6 Å². The minimum Gasteiger partial charge on any atom is -0.333 e. The Morgan fingerprint density at radius 3 is 2.29 bits per heavy atom. The minimum atomic E-state index is -0.0459. The van der Waals surface area contributed by atoms with Crippen molar-refractivity contribution >= 4 is 40.4 Å². The average molecular weight is 538 g/mol. The lowest BCUT2D eigenvalue weighted by Crippen LogP contribution is -2.20. The van der Waals surface area contributed by atoms with E-state index in [4.69, 9.17) is 28.5 Å². The largest absolute Gasteiger partial charge is 0.333 e. The van der Waals surface area contributed by atoms with E-state index in [1.54, 1.807) is 42.7 Å². The molecule has 5 rings (SSSR count). The first-order chi connectivity index (χ1) is 18.5. The van der Waals surface area contributed by atoms with E-state index < -0.39 is 0 Å². The summed E-state index contributed by atoms with van der Waals surface area (Å²) in [5, 5.41) is 18.6. The van der Waals surface area contributed by atoms with Gasteiger partial charge >= 0.3 is 0 Å². The lowest BCUT2D eigenvalue weighted by Gasteiger charge is -2.26. The Morgan fingerprint density at radius 2 is 1.61 bits per heavy atom. The molecule has 38 heavy (non-hydrogen) atoms. The summed E-state index contributed by atoms with van der Waals surface area (Å²) in [6.45, 7) is 0.907. The van der Waals surface area contributed by atoms with Gasteiger partial charge in [-0.05, 0) is 60.2 Å². The number of aromatic nitrogens is 3. The van der Waals surface area contributed by atoms with Crippen LogP contribution in [0.2, 0.25) is 10.0 Å². The summed E-state index contributed by atoms with van der Waals surface area (Å²) in [4.78, 5) is 14.9. The second kappa shape index (κ2) is 11.3. The number of nitrogens with zero attached hydrogens (tertiary/aromatic N) is 5. The van der Waals surface area contributed by atoms with E-state index in [9.17, 15) is 4.79 Å². The summed E-state index contributed by atoms with van der Waals surface area (Å²) in [5.41, 5.74) is 4.41. The maximum Gasteiger partial charge on any atom is 0.193 e. The van der Waals surface area contributed by atoms with Gasteiger partial charge in [0.2, 0.25) is 0 Å². The third-order valence-electron chi connectivity index (χ3n) is 6.11. The standard InChI is InChI=1S/C30H21Cl2N5O/c31-25-12-15-28(27(32)16-25)37(26-13-10-24(11-14-26)30(38)23-4-2-1-3-5-23)19-29-35-34-20-36(29)18-22-8-6-21(17-33)7-9-22/h1-16,20H,18-19H2. The lowest BCUT2D eigenvalue weighted by atomic mass is 10.0. The summed E-state index contributed by atoms with van der Waals surface area (Å²) in [7, 11) is 0. The van der Waals surface area contributed by atoms with Crippen LogP contribution in [0.25, 0.3) is 0 Å². The van der Waals surface area contributed by atoms with Crippen molar-refractivity contribution in [3.05, 3.63) is 142 Å². The van der Waals surface area contributed by atoms with Gasteiger partial charge in [-0.1, -0.05) is 65.7 Å². The van der Waals surface area contributed by atoms with Gasteiger partial charge in [0.05, 0.1) is 35.4 Å². The van der Waals surface area contributed by atoms with Gasteiger partial charge in [-0.25, -0.2) is 0 Å². The summed E-state index contributed by atoms with van der Waals surface area (Å²) in [6.07, 6.45) is 1.68. The quantitative estimate of drug-likeness (QED) is 0.198. The normalized spacial score (nSPS) is 10.7. The molecule has 1 aromatic heterocycles. The lowest BCUT2D eigenvalue weighted by molar-refractivity contribution is 0.103. The van der Waals surface area contributed by atoms with Gasteiger partial charge in [0, 0.05) is 21.8 Å². The molecule has 0 N–H and O–H groups in total. The Balaban J connectivity index is 1.46. The Bertz CT molecular complexity index is 1610. The summed E-state index contributed by atoms with van der Waals surface area (Å²) in [6, 6.07) is 31.5. The number of ketones is 1. The number of anilines is 2. The Morgan fingerprint density at radius 1 is 0.895 bits per heavy atom. The van der Waals surface area contributed by atoms with Crippen LogP contribution in [0.3, 0.4) is 0 Å². The van der Waals surface area contributed by atoms with Crippen molar-refractivity contribution in [1.82, 2.24) is 14.8 Å². The molecule has 1 heterocycles. The molecule has 5 aromatic rings. The first-order valence-corrected chi connectivity index (χ1v) is 12.6. The number of rotatable bonds is 8. The van der Waals surface area contributed by atoms with Crippen molar-refractivity contribution in [2.75, 3.05) is 4.90 Å². The molecular weight excluding hydrogens is 517 g/mol. The monoisotopic (exact) mass is 537 g/mol. The predicted molar refractivity (Wildman–Crippen MR) is 149 cm³/mol. The average Bonchev–Trinajstić information content (AvgIpc) is 3.39. The van der Waals surface area contributed by atoms with Crippen LogP contribution in [0.15, 0.2) is 103 Å². The number of benzene rings is 4. The summed E-state index contributed by atoms with van der Waals surface area (Å²) < 4.78 is 1.95. The Kier molecular flexibility index (Phi) is 7.50. The van der Waals surface area contributed by atoms with E-state index in [-0.39, 0.29) is 5.78 Å². The van der Waals surface area contributed by atoms with Crippen LogP contribution in [-0.4, -0.2) is 20.5 Å². The number of halogens is 2. The van der Waals surface area contributed by atoms with E-state index >= 15 is 0 Å². The number of nitriles is 1. The van der Waals surface area contributed by atoms with Gasteiger partial charge in [-0.2, -0.15) is 5.26 Å². The molecule has 4 aromatic carbocycles. The fraction of sp³-hybridized carbons (Fsp3) is 0.0667. The molecule has 0 aliphatic heterocycles. The van der Waals surface area contributed by atoms with Crippen molar-refractivity contribution in [2.45, 2.75) is 13.1 Å². The predicted octanol–water partition coefficient (Wildman–Crippen LogP) is 7.07. The second-order valence-corrected chi connectivity index (χ2v) is 9.45. The van der Waals surface area contributed by atoms with Crippen molar-refractivity contribution in [3.8, 4) is 6.07 Å². The van der Waals surface area contributed by atoms with Gasteiger partial charge < -0.3 is 9.47 Å². The van der Waals surface area contributed by atoms with Crippen LogP contribution in [0.4, 0.5) is 11.4 Å². The number of hydrogen-bond acceptors (Lipinski definition) is 5. The molecule has 0 aliphatic rings. The molecule has 0 saturated heterocycles. The van der Waals surface area contributed by atoms with Crippen LogP contribution >= 0.6 is 23.2 Å². The van der Waals surface area contributed by atoms with Crippen molar-refractivity contribution in [3.63, 3.8) is 0 Å². The van der Waals surface area contributed by atoms with Crippen LogP contribution in [0, 0.1) is 11.3 Å². The van der Waals surface area contributed by atoms with Gasteiger partial charge in [0.1, 0.15) is 6.33 Å². The highest BCUT2D eigenvalue weighted by Gasteiger charge is 2.18. The molecule has 0 unspecified atom stereocenters. The molecular formula is C30H21Cl2N5O. The number of carbonyl (C=O) groups is 1. The maximum atomic E-state index is 12.9. The topological polar surface area (TPSA) is 74.8 Å². The highest BCUT2D eigenvalue weighted by Crippen LogP contribution is 2.35. The van der Waals surface area contributed by atoms with Crippen molar-refractivity contribution in [2.24, 2.45) is 0 Å². The molecule has 186 valence electrons. The molecule has 6 nitrogen and oxygen atoms in total. The molecule has 0 saturated carbocycles. The maximum absolute atomic E-state index is 12.9. The smallest absolute Gasteiger partial charge is 0.193 e. The minimum absolute atomic E-state index is 0.0459. The zero-order chi connectivity index (χ0) is 26.5. The first kappa shape index (κ1) is 25.2. The van der Waals surface area contributed by atoms with E-state index in [0.717, 1.165) is 16.9 Å². The van der Waals surface area contributed by atoms with Crippen LogP contribution < -0.4 is 4.90 Å². The molecule has 0 atom stereocenters. The van der Waals surface area contributed by atoms with Gasteiger partial charge in [-0.15, -0.1) is 10.2 Å². The van der Waals surface area contributed by atoms with Crippen molar-refractivity contribution in [1.29, 1.82) is 5.26 Å². The van der Waals surface area contributed by atoms with Gasteiger partial charge in [0.25, 0.3) is 0 Å². The highest BCUT2D eigenvalue weighted by atomic mass is 35.5. The van der Waals surface area contributed by atoms with Gasteiger partial charge in [0.15, 0.2) is 11.6 Å². The van der Waals surface area contributed by atoms with Crippen LogP contribution in [-0.2, 0) is 13.1 Å². The molecule has 0 spiro atoms. The second-order valence-electron chi connectivity index (χ2n) is 8.61. The number of hydrogen-bond donors (Lipinski definition) is 0. The molecule has 0 fully saturated rings. The fourth-order valence-corrected chi connectivity index (χ4v) is 4.63. The van der Waals surface area contributed by atoms with Crippen LogP contribution in [0.1, 0.15) is 32.9 Å². The highest BCUT2D eigenvalue weighted by molar-refractivity contribution is 6.36. The SMILES string of the molecule is N#Cc1ccc(Cn2cnnc2CN(c2ccc(C(=O)c3ccccc3)cc2)c2ccc(Cl)cc2Cl)cc1. The molecule has 0 amide bonds. The van der Waals surface area contributed by atoms with E-state index in [1.807, 2.05) is 70.1 Å². The van der Waals surface area contributed by atoms with Gasteiger partial charge in [-0.3, -0.25) is 4.79 Å². The van der Waals surface area contributed by atoms with Crippen LogP contribution in [0.5, 0.6) is 0 Å². The Hall–Kier alpha value is -4.44. The van der Waals surface area contributed by atoms with E-state index in [2.05, 4.69) is 16.3 Å². The fourth-order valence-electron chi connectivity index (χ4n) is 4.12. The molecule has 0 radical (unpaired) electrons. The zero-order valence-corrected chi connectivity index (χ0v) is 21.6. The number of carbonyl (C=O) groups excluding carboxylic acids is 1. The van der Waals surface area contributed by atoms with E-state index in [1.165, 1.54) is 0 Å².